The molecule has 1 aliphatic rings. The molecule has 0 amide bonds. The quantitative estimate of drug-likeness (QED) is 0.642. The number of nitrogens with zero attached hydrogens (tertiary/aromatic N) is 2. The maximum Gasteiger partial charge on any atom is 0.355 e. The van der Waals surface area contributed by atoms with Gasteiger partial charge in [-0.2, -0.15) is 5.26 Å². The van der Waals surface area contributed by atoms with Gasteiger partial charge in [0, 0.05) is 0 Å². The average molecular weight is 461 g/mol. The Labute approximate surface area is 196 Å². The zero-order chi connectivity index (χ0) is 25.2. The van der Waals surface area contributed by atoms with Gasteiger partial charge in [-0.05, 0) is 36.6 Å². The van der Waals surface area contributed by atoms with Crippen LogP contribution in [0.25, 0.3) is 0 Å². The van der Waals surface area contributed by atoms with E-state index in [1.807, 2.05) is 6.07 Å². The standard InChI is InChI=1S/C25H23N3O6/c1-13-10-14(2)20(16(11-13)23(29)30)28-21(25(32)34-4)19(24(31)33-3)18(17(12-26)22(28)27)15-8-6-5-7-9-15/h5-11,18H,27H2,1-4H3,(H,29,30). The van der Waals surface area contributed by atoms with Crippen LogP contribution < -0.4 is 10.6 Å². The van der Waals surface area contributed by atoms with E-state index in [-0.39, 0.29) is 33.9 Å². The molecule has 1 aliphatic heterocycles. The summed E-state index contributed by atoms with van der Waals surface area (Å²) in [5.41, 5.74) is 7.40. The molecule has 0 saturated carbocycles. The smallest absolute Gasteiger partial charge is 0.355 e. The van der Waals surface area contributed by atoms with Gasteiger partial charge in [0.1, 0.15) is 11.5 Å². The maximum atomic E-state index is 13.1. The molecular formula is C25H23N3O6. The summed E-state index contributed by atoms with van der Waals surface area (Å²) >= 11 is 0. The summed E-state index contributed by atoms with van der Waals surface area (Å²) in [5, 5.41) is 20.0. The minimum atomic E-state index is -1.28. The number of benzene rings is 2. The molecule has 1 unspecified atom stereocenters. The molecule has 3 N–H and O–H groups in total. The van der Waals surface area contributed by atoms with Gasteiger partial charge in [0.2, 0.25) is 0 Å². The van der Waals surface area contributed by atoms with Crippen molar-refractivity contribution in [3.8, 4) is 6.07 Å². The molecule has 0 radical (unpaired) electrons. The summed E-state index contributed by atoms with van der Waals surface area (Å²) in [6.45, 7) is 3.37. The largest absolute Gasteiger partial charge is 0.478 e. The van der Waals surface area contributed by atoms with E-state index < -0.39 is 23.8 Å². The normalized spacial score (nSPS) is 15.6. The number of aryl methyl sites for hydroxylation is 2. The number of nitriles is 1. The average Bonchev–Trinajstić information content (AvgIpc) is 2.82. The Balaban J connectivity index is 2.53. The number of methoxy groups -OCH3 is 2. The Kier molecular flexibility index (Phi) is 6.73. The molecular weight excluding hydrogens is 438 g/mol. The summed E-state index contributed by atoms with van der Waals surface area (Å²) in [6, 6.07) is 13.7. The summed E-state index contributed by atoms with van der Waals surface area (Å²) in [5.74, 6) is -4.34. The van der Waals surface area contributed by atoms with E-state index >= 15 is 0 Å². The minimum absolute atomic E-state index is 0.0386. The molecule has 9 nitrogen and oxygen atoms in total. The van der Waals surface area contributed by atoms with Gasteiger partial charge in [0.05, 0.1) is 48.6 Å². The van der Waals surface area contributed by atoms with Crippen molar-refractivity contribution in [3.63, 3.8) is 0 Å². The highest BCUT2D eigenvalue weighted by Gasteiger charge is 2.44. The molecule has 34 heavy (non-hydrogen) atoms. The third-order valence-electron chi connectivity index (χ3n) is 5.51. The molecule has 2 aromatic rings. The highest BCUT2D eigenvalue weighted by Crippen LogP contribution is 2.44. The van der Waals surface area contributed by atoms with Gasteiger partial charge >= 0.3 is 17.9 Å². The lowest BCUT2D eigenvalue weighted by molar-refractivity contribution is -0.139. The van der Waals surface area contributed by atoms with E-state index in [1.54, 1.807) is 50.2 Å². The van der Waals surface area contributed by atoms with Crippen LogP contribution in [0.3, 0.4) is 0 Å². The van der Waals surface area contributed by atoms with E-state index in [0.717, 1.165) is 19.1 Å². The van der Waals surface area contributed by atoms with Crippen molar-refractivity contribution >= 4 is 23.6 Å². The van der Waals surface area contributed by atoms with Crippen LogP contribution in [-0.4, -0.2) is 37.2 Å². The molecule has 0 aromatic heterocycles. The molecule has 0 fully saturated rings. The number of aromatic carboxylic acids is 1. The first-order valence-corrected chi connectivity index (χ1v) is 10.2. The van der Waals surface area contributed by atoms with Crippen LogP contribution in [0.4, 0.5) is 5.69 Å². The molecule has 9 heteroatoms. The number of hydrogen-bond acceptors (Lipinski definition) is 8. The van der Waals surface area contributed by atoms with Crippen molar-refractivity contribution in [3.05, 3.63) is 87.4 Å². The predicted molar refractivity (Wildman–Crippen MR) is 122 cm³/mol. The lowest BCUT2D eigenvalue weighted by Gasteiger charge is -2.37. The molecule has 0 saturated heterocycles. The fraction of sp³-hybridized carbons (Fsp3) is 0.200. The number of carbonyl (C=O) groups is 3. The van der Waals surface area contributed by atoms with Gasteiger partial charge in [-0.3, -0.25) is 4.90 Å². The topological polar surface area (TPSA) is 143 Å². The van der Waals surface area contributed by atoms with E-state index in [4.69, 9.17) is 15.2 Å². The van der Waals surface area contributed by atoms with Crippen LogP contribution in [0.5, 0.6) is 0 Å². The van der Waals surface area contributed by atoms with E-state index in [2.05, 4.69) is 0 Å². The molecule has 0 spiro atoms. The highest BCUT2D eigenvalue weighted by molar-refractivity contribution is 6.08. The number of ether oxygens (including phenoxy) is 2. The summed E-state index contributed by atoms with van der Waals surface area (Å²) in [7, 11) is 2.27. The van der Waals surface area contributed by atoms with Crippen molar-refractivity contribution < 1.29 is 29.0 Å². The van der Waals surface area contributed by atoms with Crippen LogP contribution in [0.1, 0.15) is 33.0 Å². The Morgan fingerprint density at radius 2 is 1.68 bits per heavy atom. The van der Waals surface area contributed by atoms with E-state index in [1.165, 1.54) is 6.07 Å². The van der Waals surface area contributed by atoms with Crippen molar-refractivity contribution in [2.75, 3.05) is 19.1 Å². The highest BCUT2D eigenvalue weighted by atomic mass is 16.5. The molecule has 1 atom stereocenters. The van der Waals surface area contributed by atoms with Crippen molar-refractivity contribution in [2.45, 2.75) is 19.8 Å². The third-order valence-corrected chi connectivity index (χ3v) is 5.51. The molecule has 1 heterocycles. The van der Waals surface area contributed by atoms with Gasteiger partial charge in [0.15, 0.2) is 0 Å². The first kappa shape index (κ1) is 24.1. The number of allylic oxidation sites excluding steroid dienone is 1. The van der Waals surface area contributed by atoms with Crippen molar-refractivity contribution in [1.29, 1.82) is 5.26 Å². The second kappa shape index (κ2) is 9.50. The molecule has 2 aromatic carbocycles. The Bertz CT molecular complexity index is 1290. The van der Waals surface area contributed by atoms with Crippen LogP contribution in [0, 0.1) is 25.2 Å². The summed E-state index contributed by atoms with van der Waals surface area (Å²) in [4.78, 5) is 39.5. The van der Waals surface area contributed by atoms with Crippen LogP contribution in [0.2, 0.25) is 0 Å². The Morgan fingerprint density at radius 3 is 2.21 bits per heavy atom. The number of carbonyl (C=O) groups excluding carboxylic acids is 2. The number of carboxylic acids is 1. The fourth-order valence-corrected chi connectivity index (χ4v) is 4.17. The summed E-state index contributed by atoms with van der Waals surface area (Å²) < 4.78 is 9.96. The zero-order valence-corrected chi connectivity index (χ0v) is 19.1. The van der Waals surface area contributed by atoms with Crippen LogP contribution in [0.15, 0.2) is 65.1 Å². The fourth-order valence-electron chi connectivity index (χ4n) is 4.17. The number of nitrogens with two attached hydrogens (primary N) is 1. The maximum absolute atomic E-state index is 13.1. The van der Waals surface area contributed by atoms with Gasteiger partial charge < -0.3 is 20.3 Å². The SMILES string of the molecule is COC(=O)C1=C(C(=O)OC)N(c2c(C)cc(C)cc2C(=O)O)C(N)=C(C#N)C1c1ccccc1. The van der Waals surface area contributed by atoms with Crippen molar-refractivity contribution in [1.82, 2.24) is 0 Å². The number of anilines is 1. The summed E-state index contributed by atoms with van der Waals surface area (Å²) in [6.07, 6.45) is 0. The van der Waals surface area contributed by atoms with Crippen LogP contribution in [-0.2, 0) is 19.1 Å². The first-order valence-electron chi connectivity index (χ1n) is 10.2. The lowest BCUT2D eigenvalue weighted by Crippen LogP contribution is -2.41. The van der Waals surface area contributed by atoms with E-state index in [9.17, 15) is 24.8 Å². The lowest BCUT2D eigenvalue weighted by atomic mass is 9.80. The molecule has 174 valence electrons. The number of hydrogen-bond donors (Lipinski definition) is 2. The number of esters is 2. The third kappa shape index (κ3) is 3.97. The predicted octanol–water partition coefficient (Wildman–Crippen LogP) is 2.90. The Hall–Kier alpha value is -4.58. The minimum Gasteiger partial charge on any atom is -0.478 e. The van der Waals surface area contributed by atoms with E-state index in [0.29, 0.717) is 16.7 Å². The number of carboxylic acid groups (broad SMARTS) is 1. The first-order chi connectivity index (χ1) is 16.2. The van der Waals surface area contributed by atoms with Gasteiger partial charge in [-0.25, -0.2) is 14.4 Å². The number of rotatable bonds is 5. The Morgan fingerprint density at radius 1 is 1.06 bits per heavy atom. The molecule has 3 rings (SSSR count). The monoisotopic (exact) mass is 461 g/mol. The molecule has 0 aliphatic carbocycles. The second-order valence-corrected chi connectivity index (χ2v) is 7.62. The van der Waals surface area contributed by atoms with Gasteiger partial charge in [-0.15, -0.1) is 0 Å². The zero-order valence-electron chi connectivity index (χ0n) is 19.1. The van der Waals surface area contributed by atoms with Gasteiger partial charge in [0.25, 0.3) is 0 Å². The second-order valence-electron chi connectivity index (χ2n) is 7.62. The molecule has 0 bridgehead atoms. The van der Waals surface area contributed by atoms with Crippen molar-refractivity contribution in [2.24, 2.45) is 5.73 Å². The van der Waals surface area contributed by atoms with Crippen LogP contribution >= 0.6 is 0 Å². The van der Waals surface area contributed by atoms with Gasteiger partial charge in [-0.1, -0.05) is 36.4 Å².